The lowest BCUT2D eigenvalue weighted by Crippen LogP contribution is -2.42. The molecule has 0 radical (unpaired) electrons. The van der Waals surface area contributed by atoms with Crippen LogP contribution in [0, 0.1) is 5.92 Å². The second-order valence-corrected chi connectivity index (χ2v) is 4.91. The van der Waals surface area contributed by atoms with Crippen LogP contribution in [0.2, 0.25) is 0 Å². The van der Waals surface area contributed by atoms with Gasteiger partial charge in [0.1, 0.15) is 0 Å². The summed E-state index contributed by atoms with van der Waals surface area (Å²) in [5.41, 5.74) is 1.40. The summed E-state index contributed by atoms with van der Waals surface area (Å²) in [7, 11) is 0. The van der Waals surface area contributed by atoms with Gasteiger partial charge >= 0.3 is 5.97 Å². The van der Waals surface area contributed by atoms with E-state index in [-0.39, 0.29) is 0 Å². The number of piperidine rings is 1. The van der Waals surface area contributed by atoms with E-state index >= 15 is 0 Å². The number of anilines is 1. The van der Waals surface area contributed by atoms with Crippen LogP contribution in [0.5, 0.6) is 0 Å². The van der Waals surface area contributed by atoms with Gasteiger partial charge in [0.05, 0.1) is 5.56 Å². The molecule has 92 valence electrons. The van der Waals surface area contributed by atoms with Crippen molar-refractivity contribution in [2.24, 2.45) is 5.92 Å². The highest BCUT2D eigenvalue weighted by atomic mass is 16.4. The summed E-state index contributed by atoms with van der Waals surface area (Å²) in [5.74, 6) is -0.193. The summed E-state index contributed by atoms with van der Waals surface area (Å²) in [6.07, 6.45) is 2.44. The monoisotopic (exact) mass is 233 g/mol. The molecular formula is C14H19NO2. The van der Waals surface area contributed by atoms with Gasteiger partial charge in [-0.15, -0.1) is 0 Å². The molecular weight excluding hydrogens is 214 g/mol. The van der Waals surface area contributed by atoms with Crippen molar-refractivity contribution in [1.29, 1.82) is 0 Å². The number of carbonyl (C=O) groups is 1. The molecule has 0 amide bonds. The van der Waals surface area contributed by atoms with Gasteiger partial charge in [-0.25, -0.2) is 4.79 Å². The summed E-state index contributed by atoms with van der Waals surface area (Å²) in [5, 5.41) is 9.01. The molecule has 3 nitrogen and oxygen atoms in total. The number of rotatable bonds is 2. The fourth-order valence-electron chi connectivity index (χ4n) is 2.52. The molecule has 1 aromatic carbocycles. The highest BCUT2D eigenvalue weighted by molar-refractivity contribution is 5.88. The molecule has 1 aromatic rings. The molecule has 1 fully saturated rings. The molecule has 1 heterocycles. The van der Waals surface area contributed by atoms with Crippen molar-refractivity contribution in [3.05, 3.63) is 29.8 Å². The van der Waals surface area contributed by atoms with Crippen LogP contribution >= 0.6 is 0 Å². The summed E-state index contributed by atoms with van der Waals surface area (Å²) in [4.78, 5) is 13.3. The highest BCUT2D eigenvalue weighted by Gasteiger charge is 2.25. The van der Waals surface area contributed by atoms with Gasteiger partial charge in [0.2, 0.25) is 0 Å². The number of benzene rings is 1. The third-order valence-electron chi connectivity index (χ3n) is 3.80. The fourth-order valence-corrected chi connectivity index (χ4v) is 2.52. The van der Waals surface area contributed by atoms with Crippen LogP contribution in [-0.2, 0) is 0 Å². The topological polar surface area (TPSA) is 40.5 Å². The first kappa shape index (κ1) is 12.0. The maximum absolute atomic E-state index is 11.0. The third-order valence-corrected chi connectivity index (χ3v) is 3.80. The Labute approximate surface area is 102 Å². The first-order chi connectivity index (χ1) is 8.09. The number of hydrogen-bond donors (Lipinski definition) is 1. The zero-order valence-electron chi connectivity index (χ0n) is 10.4. The average molecular weight is 233 g/mol. The zero-order valence-corrected chi connectivity index (χ0v) is 10.4. The van der Waals surface area contributed by atoms with Crippen LogP contribution in [0.3, 0.4) is 0 Å². The van der Waals surface area contributed by atoms with Gasteiger partial charge in [-0.1, -0.05) is 13.0 Å². The molecule has 2 rings (SSSR count). The predicted octanol–water partition coefficient (Wildman–Crippen LogP) is 3.01. The SMILES string of the molecule is CC1CCCN(c2cccc(C(=O)O)c2)C1C. The third kappa shape index (κ3) is 2.43. The Morgan fingerprint density at radius 3 is 2.88 bits per heavy atom. The van der Waals surface area contributed by atoms with E-state index < -0.39 is 5.97 Å². The number of nitrogens with zero attached hydrogens (tertiary/aromatic N) is 1. The van der Waals surface area contributed by atoms with E-state index in [0.717, 1.165) is 12.2 Å². The van der Waals surface area contributed by atoms with Gasteiger partial charge in [-0.05, 0) is 43.9 Å². The van der Waals surface area contributed by atoms with Crippen molar-refractivity contribution < 1.29 is 9.90 Å². The van der Waals surface area contributed by atoms with Crippen molar-refractivity contribution in [3.63, 3.8) is 0 Å². The van der Waals surface area contributed by atoms with Crippen LogP contribution < -0.4 is 4.90 Å². The van der Waals surface area contributed by atoms with Crippen molar-refractivity contribution >= 4 is 11.7 Å². The van der Waals surface area contributed by atoms with Crippen molar-refractivity contribution in [1.82, 2.24) is 0 Å². The molecule has 1 N–H and O–H groups in total. The molecule has 3 heteroatoms. The van der Waals surface area contributed by atoms with Crippen molar-refractivity contribution in [2.75, 3.05) is 11.4 Å². The molecule has 1 aliphatic rings. The van der Waals surface area contributed by atoms with E-state index in [4.69, 9.17) is 5.11 Å². The molecule has 0 spiro atoms. The quantitative estimate of drug-likeness (QED) is 0.853. The molecule has 1 saturated heterocycles. The minimum absolute atomic E-state index is 0.368. The normalized spacial score (nSPS) is 24.7. The summed E-state index contributed by atoms with van der Waals surface area (Å²) in [6, 6.07) is 7.72. The second-order valence-electron chi connectivity index (χ2n) is 4.91. The second kappa shape index (κ2) is 4.78. The Bertz CT molecular complexity index is 416. The number of aromatic carboxylic acids is 1. The minimum Gasteiger partial charge on any atom is -0.478 e. The maximum atomic E-state index is 11.0. The van der Waals surface area contributed by atoms with Crippen LogP contribution in [-0.4, -0.2) is 23.7 Å². The van der Waals surface area contributed by atoms with Gasteiger partial charge in [0, 0.05) is 18.3 Å². The largest absolute Gasteiger partial charge is 0.478 e. The standard InChI is InChI=1S/C14H19NO2/c1-10-5-4-8-15(11(10)2)13-7-3-6-12(9-13)14(16)17/h3,6-7,9-11H,4-5,8H2,1-2H3,(H,16,17). The molecule has 0 aliphatic carbocycles. The van der Waals surface area contributed by atoms with Gasteiger partial charge in [0.15, 0.2) is 0 Å². The lowest BCUT2D eigenvalue weighted by Gasteiger charge is -2.39. The first-order valence-corrected chi connectivity index (χ1v) is 6.19. The zero-order chi connectivity index (χ0) is 12.4. The Morgan fingerprint density at radius 1 is 1.41 bits per heavy atom. The van der Waals surface area contributed by atoms with E-state index in [0.29, 0.717) is 17.5 Å². The van der Waals surface area contributed by atoms with Crippen LogP contribution in [0.15, 0.2) is 24.3 Å². The lowest BCUT2D eigenvalue weighted by atomic mass is 9.91. The number of carboxylic acids is 1. The van der Waals surface area contributed by atoms with Gasteiger partial charge in [-0.2, -0.15) is 0 Å². The van der Waals surface area contributed by atoms with E-state index in [1.165, 1.54) is 12.8 Å². The summed E-state index contributed by atoms with van der Waals surface area (Å²) < 4.78 is 0. The Balaban J connectivity index is 2.26. The van der Waals surface area contributed by atoms with Gasteiger partial charge in [-0.3, -0.25) is 0 Å². The van der Waals surface area contributed by atoms with E-state index in [9.17, 15) is 4.79 Å². The minimum atomic E-state index is -0.857. The van der Waals surface area contributed by atoms with E-state index in [1.54, 1.807) is 12.1 Å². The number of carboxylic acid groups (broad SMARTS) is 1. The Morgan fingerprint density at radius 2 is 2.18 bits per heavy atom. The maximum Gasteiger partial charge on any atom is 0.335 e. The molecule has 1 aliphatic heterocycles. The van der Waals surface area contributed by atoms with E-state index in [2.05, 4.69) is 18.7 Å². The van der Waals surface area contributed by atoms with Gasteiger partial charge in [0.25, 0.3) is 0 Å². The summed E-state index contributed by atoms with van der Waals surface area (Å²) in [6.45, 7) is 5.50. The lowest BCUT2D eigenvalue weighted by molar-refractivity contribution is 0.0697. The molecule has 0 saturated carbocycles. The Kier molecular flexibility index (Phi) is 3.36. The summed E-state index contributed by atoms with van der Waals surface area (Å²) >= 11 is 0. The molecule has 0 bridgehead atoms. The van der Waals surface area contributed by atoms with Crippen molar-refractivity contribution in [2.45, 2.75) is 32.7 Å². The molecule has 2 atom stereocenters. The smallest absolute Gasteiger partial charge is 0.335 e. The van der Waals surface area contributed by atoms with Crippen LogP contribution in [0.4, 0.5) is 5.69 Å². The van der Waals surface area contributed by atoms with Gasteiger partial charge < -0.3 is 10.0 Å². The predicted molar refractivity (Wildman–Crippen MR) is 68.6 cm³/mol. The molecule has 0 aromatic heterocycles. The average Bonchev–Trinajstić information content (AvgIpc) is 2.33. The van der Waals surface area contributed by atoms with E-state index in [1.807, 2.05) is 12.1 Å². The van der Waals surface area contributed by atoms with Crippen LogP contribution in [0.1, 0.15) is 37.0 Å². The molecule has 2 unspecified atom stereocenters. The van der Waals surface area contributed by atoms with Crippen molar-refractivity contribution in [3.8, 4) is 0 Å². The van der Waals surface area contributed by atoms with Crippen LogP contribution in [0.25, 0.3) is 0 Å². The highest BCUT2D eigenvalue weighted by Crippen LogP contribution is 2.28. The molecule has 17 heavy (non-hydrogen) atoms. The Hall–Kier alpha value is -1.51. The number of hydrogen-bond acceptors (Lipinski definition) is 2. The fraction of sp³-hybridized carbons (Fsp3) is 0.500. The first-order valence-electron chi connectivity index (χ1n) is 6.19.